The molecule has 0 fully saturated rings. The Morgan fingerprint density at radius 1 is 0.850 bits per heavy atom. The van der Waals surface area contributed by atoms with Crippen molar-refractivity contribution in [1.82, 2.24) is 0 Å². The molecule has 5 heteroatoms. The molecule has 0 aliphatic carbocycles. The monoisotopic (exact) mass is 332 g/mol. The van der Waals surface area contributed by atoms with Crippen molar-refractivity contribution in [3.63, 3.8) is 0 Å². The lowest BCUT2D eigenvalue weighted by atomic mass is 10.2. The van der Waals surface area contributed by atoms with E-state index in [4.69, 9.17) is 0 Å². The highest BCUT2D eigenvalue weighted by atomic mass is 79.9. The Morgan fingerprint density at radius 3 is 1.95 bits per heavy atom. The van der Waals surface area contributed by atoms with E-state index in [2.05, 4.69) is 26.6 Å². The molecular formula is C15H13BrN2O2. The lowest BCUT2D eigenvalue weighted by molar-refractivity contribution is -0.113. The fourth-order valence-electron chi connectivity index (χ4n) is 1.62. The first-order valence-electron chi connectivity index (χ1n) is 6.01. The molecule has 0 radical (unpaired) electrons. The van der Waals surface area contributed by atoms with E-state index >= 15 is 0 Å². The van der Waals surface area contributed by atoms with Crippen LogP contribution in [0.4, 0.5) is 11.4 Å². The van der Waals surface area contributed by atoms with Gasteiger partial charge in [0.1, 0.15) is 0 Å². The molecule has 0 saturated carbocycles. The molecule has 0 atom stereocenters. The summed E-state index contributed by atoms with van der Waals surface area (Å²) in [7, 11) is 0. The SMILES string of the molecule is O=C(CBr)Nc1ccc(NC(=O)c2ccccc2)cc1. The van der Waals surface area contributed by atoms with Crippen molar-refractivity contribution in [1.29, 1.82) is 0 Å². The summed E-state index contributed by atoms with van der Waals surface area (Å²) >= 11 is 3.08. The van der Waals surface area contributed by atoms with Crippen LogP contribution < -0.4 is 10.6 Å². The van der Waals surface area contributed by atoms with Gasteiger partial charge in [-0.2, -0.15) is 0 Å². The van der Waals surface area contributed by atoms with Crippen molar-refractivity contribution in [2.24, 2.45) is 0 Å². The number of alkyl halides is 1. The fraction of sp³-hybridized carbons (Fsp3) is 0.0667. The van der Waals surface area contributed by atoms with E-state index in [1.807, 2.05) is 18.2 Å². The zero-order valence-electron chi connectivity index (χ0n) is 10.6. The maximum Gasteiger partial charge on any atom is 0.255 e. The molecule has 0 unspecified atom stereocenters. The van der Waals surface area contributed by atoms with E-state index in [0.29, 0.717) is 16.9 Å². The molecule has 0 aliphatic rings. The summed E-state index contributed by atoms with van der Waals surface area (Å²) in [6.07, 6.45) is 0. The highest BCUT2D eigenvalue weighted by Gasteiger charge is 2.05. The van der Waals surface area contributed by atoms with Gasteiger partial charge in [-0.05, 0) is 36.4 Å². The Kier molecular flexibility index (Phi) is 4.90. The van der Waals surface area contributed by atoms with Gasteiger partial charge in [-0.1, -0.05) is 34.1 Å². The molecule has 2 amide bonds. The number of amides is 2. The number of hydrogen-bond donors (Lipinski definition) is 2. The summed E-state index contributed by atoms with van der Waals surface area (Å²) in [6.45, 7) is 0. The molecular weight excluding hydrogens is 320 g/mol. The first kappa shape index (κ1) is 14.3. The van der Waals surface area contributed by atoms with Gasteiger partial charge in [0.2, 0.25) is 5.91 Å². The van der Waals surface area contributed by atoms with E-state index in [0.717, 1.165) is 0 Å². The van der Waals surface area contributed by atoms with Crippen molar-refractivity contribution < 1.29 is 9.59 Å². The molecule has 0 aliphatic heterocycles. The average molecular weight is 333 g/mol. The molecule has 102 valence electrons. The third-order valence-electron chi connectivity index (χ3n) is 2.58. The van der Waals surface area contributed by atoms with Gasteiger partial charge >= 0.3 is 0 Å². The van der Waals surface area contributed by atoms with Crippen molar-refractivity contribution in [3.05, 3.63) is 60.2 Å². The van der Waals surface area contributed by atoms with Crippen LogP contribution in [0.15, 0.2) is 54.6 Å². The van der Waals surface area contributed by atoms with E-state index in [9.17, 15) is 9.59 Å². The first-order chi connectivity index (χ1) is 9.69. The van der Waals surface area contributed by atoms with E-state index in [-0.39, 0.29) is 17.1 Å². The maximum atomic E-state index is 11.9. The average Bonchev–Trinajstić information content (AvgIpc) is 2.50. The number of rotatable bonds is 4. The van der Waals surface area contributed by atoms with Crippen molar-refractivity contribution in [2.75, 3.05) is 16.0 Å². The molecule has 2 aromatic rings. The van der Waals surface area contributed by atoms with Crippen LogP contribution >= 0.6 is 15.9 Å². The van der Waals surface area contributed by atoms with Gasteiger partial charge in [0.05, 0.1) is 5.33 Å². The van der Waals surface area contributed by atoms with E-state index in [1.165, 1.54) is 0 Å². The zero-order valence-corrected chi connectivity index (χ0v) is 12.2. The third kappa shape index (κ3) is 3.93. The lowest BCUT2D eigenvalue weighted by Crippen LogP contribution is -2.13. The van der Waals surface area contributed by atoms with Crippen LogP contribution in [0.25, 0.3) is 0 Å². The number of halogens is 1. The Hall–Kier alpha value is -2.14. The molecule has 2 N–H and O–H groups in total. The van der Waals surface area contributed by atoms with Crippen LogP contribution in [0.3, 0.4) is 0 Å². The van der Waals surface area contributed by atoms with E-state index in [1.54, 1.807) is 36.4 Å². The van der Waals surface area contributed by atoms with Gasteiger partial charge < -0.3 is 10.6 Å². The minimum Gasteiger partial charge on any atom is -0.325 e. The van der Waals surface area contributed by atoms with Gasteiger partial charge in [0.25, 0.3) is 5.91 Å². The Bertz CT molecular complexity index is 597. The molecule has 0 heterocycles. The topological polar surface area (TPSA) is 58.2 Å². The predicted octanol–water partition coefficient (Wildman–Crippen LogP) is 3.27. The summed E-state index contributed by atoms with van der Waals surface area (Å²) in [6, 6.07) is 15.9. The third-order valence-corrected chi connectivity index (χ3v) is 3.09. The van der Waals surface area contributed by atoms with Gasteiger partial charge in [0.15, 0.2) is 0 Å². The number of carbonyl (C=O) groups excluding carboxylic acids is 2. The molecule has 0 bridgehead atoms. The second kappa shape index (κ2) is 6.86. The Balaban J connectivity index is 2.00. The van der Waals surface area contributed by atoms with E-state index < -0.39 is 0 Å². The van der Waals surface area contributed by atoms with Crippen molar-refractivity contribution in [3.8, 4) is 0 Å². The number of carbonyl (C=O) groups is 2. The zero-order chi connectivity index (χ0) is 14.4. The number of anilines is 2. The summed E-state index contributed by atoms with van der Waals surface area (Å²) in [5, 5.41) is 5.75. The van der Waals surface area contributed by atoms with Crippen LogP contribution in [0.2, 0.25) is 0 Å². The second-order valence-corrected chi connectivity index (χ2v) is 4.64. The Labute approximate surface area is 125 Å². The van der Waals surface area contributed by atoms with Crippen molar-refractivity contribution >= 4 is 39.1 Å². The summed E-state index contributed by atoms with van der Waals surface area (Å²) in [4.78, 5) is 23.1. The van der Waals surface area contributed by atoms with Crippen LogP contribution in [0.5, 0.6) is 0 Å². The normalized spacial score (nSPS) is 9.85. The summed E-state index contributed by atoms with van der Waals surface area (Å²) in [5.41, 5.74) is 1.96. The largest absolute Gasteiger partial charge is 0.325 e. The van der Waals surface area contributed by atoms with Crippen LogP contribution in [-0.4, -0.2) is 17.1 Å². The molecule has 2 rings (SSSR count). The van der Waals surface area contributed by atoms with Crippen LogP contribution in [-0.2, 0) is 4.79 Å². The molecule has 4 nitrogen and oxygen atoms in total. The smallest absolute Gasteiger partial charge is 0.255 e. The molecule has 20 heavy (non-hydrogen) atoms. The van der Waals surface area contributed by atoms with Crippen LogP contribution in [0, 0.1) is 0 Å². The van der Waals surface area contributed by atoms with Gasteiger partial charge in [0, 0.05) is 16.9 Å². The van der Waals surface area contributed by atoms with Gasteiger partial charge in [-0.25, -0.2) is 0 Å². The van der Waals surface area contributed by atoms with Crippen LogP contribution in [0.1, 0.15) is 10.4 Å². The van der Waals surface area contributed by atoms with Gasteiger partial charge in [-0.15, -0.1) is 0 Å². The standard InChI is InChI=1S/C15H13BrN2O2/c16-10-14(19)17-12-6-8-13(9-7-12)18-15(20)11-4-2-1-3-5-11/h1-9H,10H2,(H,17,19)(H,18,20). The molecule has 2 aromatic carbocycles. The maximum absolute atomic E-state index is 11.9. The van der Waals surface area contributed by atoms with Crippen molar-refractivity contribution in [2.45, 2.75) is 0 Å². The minimum atomic E-state index is -0.164. The number of hydrogen-bond acceptors (Lipinski definition) is 2. The van der Waals surface area contributed by atoms with Gasteiger partial charge in [-0.3, -0.25) is 9.59 Å². The lowest BCUT2D eigenvalue weighted by Gasteiger charge is -2.07. The highest BCUT2D eigenvalue weighted by Crippen LogP contribution is 2.14. The summed E-state index contributed by atoms with van der Waals surface area (Å²) < 4.78 is 0. The predicted molar refractivity (Wildman–Crippen MR) is 83.3 cm³/mol. The molecule has 0 aromatic heterocycles. The molecule has 0 spiro atoms. The minimum absolute atomic E-state index is 0.119. The fourth-order valence-corrected chi connectivity index (χ4v) is 1.76. The Morgan fingerprint density at radius 2 is 1.40 bits per heavy atom. The molecule has 0 saturated heterocycles. The first-order valence-corrected chi connectivity index (χ1v) is 7.13. The number of benzene rings is 2. The second-order valence-electron chi connectivity index (χ2n) is 4.08. The quantitative estimate of drug-likeness (QED) is 0.844. The number of nitrogens with one attached hydrogen (secondary N) is 2. The summed E-state index contributed by atoms with van der Waals surface area (Å²) in [5.74, 6) is -0.283. The highest BCUT2D eigenvalue weighted by molar-refractivity contribution is 9.09.